The normalized spacial score (nSPS) is 10.0. The topological polar surface area (TPSA) is 52.6 Å². The van der Waals surface area contributed by atoms with Crippen molar-refractivity contribution in [3.05, 3.63) is 54.3 Å². The third-order valence-electron chi connectivity index (χ3n) is 2.39. The zero-order valence-corrected chi connectivity index (χ0v) is 10.6. The highest BCUT2D eigenvalue weighted by Crippen LogP contribution is 2.24. The van der Waals surface area contributed by atoms with Gasteiger partial charge in [0.15, 0.2) is 11.6 Å². The average Bonchev–Trinajstić information content (AvgIpc) is 2.42. The summed E-state index contributed by atoms with van der Waals surface area (Å²) in [6, 6.07) is 11.8. The maximum absolute atomic E-state index is 13.2. The molecule has 0 radical (unpaired) electrons. The first-order valence-corrected chi connectivity index (χ1v) is 5.81. The Kier molecular flexibility index (Phi) is 3.91. The molecule has 0 saturated heterocycles. The van der Waals surface area contributed by atoms with Gasteiger partial charge in [0.2, 0.25) is 0 Å². The summed E-state index contributed by atoms with van der Waals surface area (Å²) >= 11 is 4.00. The monoisotopic (exact) mass is 278 g/mol. The van der Waals surface area contributed by atoms with E-state index < -0.39 is 17.6 Å². The Balaban J connectivity index is 2.12. The number of hydrogen-bond donors (Lipinski definition) is 3. The van der Waals surface area contributed by atoms with Gasteiger partial charge in [-0.05, 0) is 24.3 Å². The van der Waals surface area contributed by atoms with Crippen LogP contribution in [0.1, 0.15) is 0 Å². The highest BCUT2D eigenvalue weighted by atomic mass is 32.1. The summed E-state index contributed by atoms with van der Waals surface area (Å²) in [7, 11) is 0. The average molecular weight is 278 g/mol. The van der Waals surface area contributed by atoms with Crippen LogP contribution in [-0.4, -0.2) is 11.1 Å². The van der Waals surface area contributed by atoms with E-state index in [0.29, 0.717) is 5.69 Å². The molecule has 0 unspecified atom stereocenters. The highest BCUT2D eigenvalue weighted by Gasteiger charge is 2.14. The van der Waals surface area contributed by atoms with Gasteiger partial charge in [-0.15, -0.1) is 0 Å². The lowest BCUT2D eigenvalue weighted by Crippen LogP contribution is -2.26. The lowest BCUT2D eigenvalue weighted by Gasteiger charge is -2.16. The van der Waals surface area contributed by atoms with Crippen molar-refractivity contribution in [2.24, 2.45) is 0 Å². The lowest BCUT2D eigenvalue weighted by molar-refractivity contribution is 0.260. The highest BCUT2D eigenvalue weighted by molar-refractivity contribution is 7.82. The number of amides is 2. The Morgan fingerprint density at radius 1 is 1.21 bits per heavy atom. The molecule has 0 fully saturated rings. The van der Waals surface area contributed by atoms with Crippen molar-refractivity contribution in [2.75, 3.05) is 9.62 Å². The number of urea groups is 1. The molecule has 2 rings (SSSR count). The number of aromatic hydroxyl groups is 1. The summed E-state index contributed by atoms with van der Waals surface area (Å²) in [5.41, 5.74) is 0.817. The molecular weight excluding hydrogens is 267 g/mol. The molecule has 2 aromatic rings. The van der Waals surface area contributed by atoms with Crippen LogP contribution < -0.4 is 9.62 Å². The number of benzene rings is 2. The molecule has 0 aliphatic rings. The summed E-state index contributed by atoms with van der Waals surface area (Å²) < 4.78 is 14.1. The van der Waals surface area contributed by atoms with E-state index in [0.717, 1.165) is 16.4 Å². The van der Waals surface area contributed by atoms with Crippen LogP contribution in [0, 0.1) is 5.82 Å². The summed E-state index contributed by atoms with van der Waals surface area (Å²) in [6.45, 7) is 0. The van der Waals surface area contributed by atoms with E-state index in [1.165, 1.54) is 6.07 Å². The SMILES string of the molecule is O=C(Nc1ccccc1)N(S)c1ccc(O)c(F)c1. The number of carbonyl (C=O) groups is 1. The fraction of sp³-hybridized carbons (Fsp3) is 0. The number of nitrogens with zero attached hydrogens (tertiary/aromatic N) is 1. The molecule has 0 heterocycles. The van der Waals surface area contributed by atoms with Crippen LogP contribution in [0.15, 0.2) is 48.5 Å². The smallest absolute Gasteiger partial charge is 0.336 e. The zero-order chi connectivity index (χ0) is 13.8. The predicted octanol–water partition coefficient (Wildman–Crippen LogP) is 3.41. The molecule has 6 heteroatoms. The summed E-state index contributed by atoms with van der Waals surface area (Å²) in [5.74, 6) is -1.29. The molecule has 19 heavy (non-hydrogen) atoms. The Morgan fingerprint density at radius 3 is 2.53 bits per heavy atom. The molecular formula is C13H11FN2O2S. The fourth-order valence-corrected chi connectivity index (χ4v) is 1.62. The van der Waals surface area contributed by atoms with E-state index in [1.807, 2.05) is 6.07 Å². The summed E-state index contributed by atoms with van der Waals surface area (Å²) in [4.78, 5) is 11.9. The Labute approximate surface area is 115 Å². The second-order valence-electron chi connectivity index (χ2n) is 3.74. The van der Waals surface area contributed by atoms with Gasteiger partial charge in [-0.2, -0.15) is 0 Å². The van der Waals surface area contributed by atoms with Crippen LogP contribution in [0.4, 0.5) is 20.6 Å². The third kappa shape index (κ3) is 3.17. The minimum absolute atomic E-state index is 0.215. The van der Waals surface area contributed by atoms with Crippen molar-refractivity contribution in [1.82, 2.24) is 0 Å². The predicted molar refractivity (Wildman–Crippen MR) is 75.0 cm³/mol. The van der Waals surface area contributed by atoms with Crippen molar-refractivity contribution in [3.8, 4) is 5.75 Å². The Bertz CT molecular complexity index is 592. The number of hydrogen-bond acceptors (Lipinski definition) is 3. The molecule has 0 aliphatic carbocycles. The van der Waals surface area contributed by atoms with Crippen LogP contribution >= 0.6 is 12.8 Å². The van der Waals surface area contributed by atoms with Gasteiger partial charge in [-0.3, -0.25) is 0 Å². The van der Waals surface area contributed by atoms with Gasteiger partial charge in [0.1, 0.15) is 0 Å². The van der Waals surface area contributed by atoms with E-state index in [1.54, 1.807) is 24.3 Å². The van der Waals surface area contributed by atoms with Crippen LogP contribution in [0.25, 0.3) is 0 Å². The minimum atomic E-state index is -0.816. The number of phenols is 1. The van der Waals surface area contributed by atoms with Crippen molar-refractivity contribution in [2.45, 2.75) is 0 Å². The molecule has 4 nitrogen and oxygen atoms in total. The van der Waals surface area contributed by atoms with Crippen molar-refractivity contribution < 1.29 is 14.3 Å². The molecule has 2 aromatic carbocycles. The van der Waals surface area contributed by atoms with Gasteiger partial charge >= 0.3 is 6.03 Å². The van der Waals surface area contributed by atoms with Crippen LogP contribution in [0.3, 0.4) is 0 Å². The maximum Gasteiger partial charge on any atom is 0.336 e. The Hall–Kier alpha value is -2.21. The third-order valence-corrected chi connectivity index (χ3v) is 2.81. The van der Waals surface area contributed by atoms with Gasteiger partial charge in [0, 0.05) is 11.8 Å². The first-order valence-electron chi connectivity index (χ1n) is 5.41. The molecule has 0 atom stereocenters. The van der Waals surface area contributed by atoms with E-state index in [9.17, 15) is 9.18 Å². The molecule has 98 valence electrons. The largest absolute Gasteiger partial charge is 0.505 e. The number of carbonyl (C=O) groups excluding carboxylic acids is 1. The van der Waals surface area contributed by atoms with Gasteiger partial charge < -0.3 is 10.4 Å². The second kappa shape index (κ2) is 5.62. The molecule has 0 spiro atoms. The molecule has 0 aromatic heterocycles. The summed E-state index contributed by atoms with van der Waals surface area (Å²) in [6.07, 6.45) is 0. The van der Waals surface area contributed by atoms with Gasteiger partial charge in [-0.1, -0.05) is 31.0 Å². The van der Waals surface area contributed by atoms with Crippen molar-refractivity contribution in [1.29, 1.82) is 0 Å². The number of rotatable bonds is 2. The van der Waals surface area contributed by atoms with E-state index >= 15 is 0 Å². The van der Waals surface area contributed by atoms with Crippen LogP contribution in [-0.2, 0) is 0 Å². The second-order valence-corrected chi connectivity index (χ2v) is 4.14. The van der Waals surface area contributed by atoms with Crippen molar-refractivity contribution in [3.63, 3.8) is 0 Å². The number of nitrogens with one attached hydrogen (secondary N) is 1. The maximum atomic E-state index is 13.2. The first-order chi connectivity index (χ1) is 9.08. The molecule has 2 N–H and O–H groups in total. The van der Waals surface area contributed by atoms with Gasteiger partial charge in [-0.25, -0.2) is 13.5 Å². The fourth-order valence-electron chi connectivity index (χ4n) is 1.44. The number of halogens is 1. The Morgan fingerprint density at radius 2 is 1.89 bits per heavy atom. The van der Waals surface area contributed by atoms with E-state index in [2.05, 4.69) is 18.1 Å². The lowest BCUT2D eigenvalue weighted by atomic mass is 10.3. The number of phenolic OH excluding ortho intramolecular Hbond substituents is 1. The van der Waals surface area contributed by atoms with Crippen molar-refractivity contribution >= 4 is 30.2 Å². The zero-order valence-electron chi connectivity index (χ0n) is 9.75. The summed E-state index contributed by atoms with van der Waals surface area (Å²) in [5, 5.41) is 11.7. The minimum Gasteiger partial charge on any atom is -0.505 e. The molecule has 0 bridgehead atoms. The molecule has 0 saturated carbocycles. The van der Waals surface area contributed by atoms with E-state index in [-0.39, 0.29) is 5.69 Å². The van der Waals surface area contributed by atoms with E-state index in [4.69, 9.17) is 5.11 Å². The number of thiol groups is 1. The standard InChI is InChI=1S/C13H11FN2O2S/c14-11-8-10(6-7-12(11)17)16(19)13(18)15-9-4-2-1-3-5-9/h1-8,17,19H,(H,15,18). The number of anilines is 2. The molecule has 0 aliphatic heterocycles. The number of para-hydroxylation sites is 1. The van der Waals surface area contributed by atoms with Crippen LogP contribution in [0.2, 0.25) is 0 Å². The quantitative estimate of drug-likeness (QED) is 0.737. The van der Waals surface area contributed by atoms with Gasteiger partial charge in [0.25, 0.3) is 0 Å². The van der Waals surface area contributed by atoms with Crippen LogP contribution in [0.5, 0.6) is 5.75 Å². The molecule has 2 amide bonds. The van der Waals surface area contributed by atoms with Gasteiger partial charge in [0.05, 0.1) is 5.69 Å². The first kappa shape index (κ1) is 13.2.